The maximum atomic E-state index is 13.5. The molecule has 2 amide bonds. The smallest absolute Gasteiger partial charge is 0.258 e. The Balaban J connectivity index is 1.38. The summed E-state index contributed by atoms with van der Waals surface area (Å²) in [5.74, 6) is -0.116. The van der Waals surface area contributed by atoms with Crippen molar-refractivity contribution in [3.05, 3.63) is 59.8 Å². The lowest BCUT2D eigenvalue weighted by Crippen LogP contribution is -2.48. The first-order valence-corrected chi connectivity index (χ1v) is 15.7. The van der Waals surface area contributed by atoms with Crippen molar-refractivity contribution in [1.29, 1.82) is 0 Å². The number of carbonyl (C=O) groups is 2. The number of ether oxygens (including phenoxy) is 1. The molecule has 0 spiro atoms. The highest BCUT2D eigenvalue weighted by Gasteiger charge is 2.34. The molecule has 2 saturated heterocycles. The number of piperidine rings is 1. The van der Waals surface area contributed by atoms with E-state index in [1.54, 1.807) is 30.1 Å². The summed E-state index contributed by atoms with van der Waals surface area (Å²) in [6, 6.07) is 13.1. The monoisotopic (exact) mass is 576 g/mol. The first-order chi connectivity index (χ1) is 19.7. The molecule has 3 aromatic rings. The van der Waals surface area contributed by atoms with Crippen molar-refractivity contribution < 1.29 is 22.7 Å². The number of para-hydroxylation sites is 1. The van der Waals surface area contributed by atoms with Crippen LogP contribution in [0.1, 0.15) is 44.2 Å². The Kier molecular flexibility index (Phi) is 7.25. The summed E-state index contributed by atoms with van der Waals surface area (Å²) in [5.41, 5.74) is 3.38. The van der Waals surface area contributed by atoms with Gasteiger partial charge < -0.3 is 19.1 Å². The van der Waals surface area contributed by atoms with Gasteiger partial charge in [0.1, 0.15) is 6.54 Å². The fourth-order valence-electron chi connectivity index (χ4n) is 6.48. The van der Waals surface area contributed by atoms with Gasteiger partial charge in [-0.15, -0.1) is 0 Å². The normalized spacial score (nSPS) is 23.0. The topological polar surface area (TPSA) is 92.2 Å². The lowest BCUT2D eigenvalue weighted by atomic mass is 9.97. The number of nitrogens with zero attached hydrogens (tertiary/aromatic N) is 4. The molecule has 2 atom stereocenters. The van der Waals surface area contributed by atoms with Crippen molar-refractivity contribution in [3.8, 4) is 0 Å². The van der Waals surface area contributed by atoms with Crippen molar-refractivity contribution >= 4 is 50.1 Å². The van der Waals surface area contributed by atoms with Gasteiger partial charge in [0.05, 0.1) is 23.8 Å². The zero-order valence-corrected chi connectivity index (χ0v) is 24.6. The van der Waals surface area contributed by atoms with Crippen molar-refractivity contribution in [2.75, 3.05) is 38.3 Å². The molecule has 2 aromatic carbocycles. The number of hydrogen-bond acceptors (Lipinski definition) is 5. The minimum Gasteiger partial charge on any atom is -0.379 e. The van der Waals surface area contributed by atoms with E-state index in [-0.39, 0.29) is 35.3 Å². The van der Waals surface area contributed by atoms with Crippen LogP contribution in [0.2, 0.25) is 0 Å². The quantitative estimate of drug-likeness (QED) is 0.429. The van der Waals surface area contributed by atoms with Crippen LogP contribution >= 0.6 is 0 Å². The van der Waals surface area contributed by atoms with Crippen LogP contribution in [0.15, 0.2) is 53.6 Å². The van der Waals surface area contributed by atoms with Crippen LogP contribution in [0, 0.1) is 0 Å². The Labute approximate surface area is 241 Å². The number of morpholine rings is 1. The van der Waals surface area contributed by atoms with Gasteiger partial charge in [0.2, 0.25) is 15.9 Å². The maximum absolute atomic E-state index is 13.5. The fraction of sp³-hybridized carbons (Fsp3) is 0.419. The van der Waals surface area contributed by atoms with Gasteiger partial charge in [-0.1, -0.05) is 18.2 Å². The average molecular weight is 577 g/mol. The number of carbonyl (C=O) groups excluding carboxylic acids is 2. The zero-order valence-electron chi connectivity index (χ0n) is 23.7. The van der Waals surface area contributed by atoms with Gasteiger partial charge in [0, 0.05) is 66.0 Å². The summed E-state index contributed by atoms with van der Waals surface area (Å²) in [7, 11) is -2.03. The first kappa shape index (κ1) is 27.7. The molecule has 216 valence electrons. The van der Waals surface area contributed by atoms with Crippen LogP contribution in [-0.4, -0.2) is 79.4 Å². The third kappa shape index (κ3) is 4.87. The number of aromatic nitrogens is 1. The van der Waals surface area contributed by atoms with Crippen LogP contribution in [-0.2, 0) is 30.9 Å². The Morgan fingerprint density at radius 3 is 2.49 bits per heavy atom. The van der Waals surface area contributed by atoms with Crippen LogP contribution < -0.4 is 4.90 Å². The Hall–Kier alpha value is -3.47. The number of hydrogen-bond donors (Lipinski definition) is 0. The highest BCUT2D eigenvalue weighted by molar-refractivity contribution is 7.89. The van der Waals surface area contributed by atoms with Gasteiger partial charge in [-0.2, -0.15) is 4.31 Å². The molecule has 0 saturated carbocycles. The fourth-order valence-corrected chi connectivity index (χ4v) is 7.92. The number of fused-ring (bicyclic) bond motifs is 2. The molecular formula is C31H36N4O5S. The minimum atomic E-state index is -3.73. The van der Waals surface area contributed by atoms with Crippen LogP contribution in [0.5, 0.6) is 0 Å². The Bertz CT molecular complexity index is 1640. The third-order valence-electron chi connectivity index (χ3n) is 8.67. The maximum Gasteiger partial charge on any atom is 0.258 e. The molecule has 3 aliphatic rings. The number of rotatable bonds is 5. The molecule has 4 heterocycles. The minimum absolute atomic E-state index is 0.0876. The van der Waals surface area contributed by atoms with Gasteiger partial charge in [0.25, 0.3) is 5.91 Å². The Morgan fingerprint density at radius 2 is 1.76 bits per heavy atom. The molecule has 2 fully saturated rings. The molecule has 0 bridgehead atoms. The van der Waals surface area contributed by atoms with E-state index < -0.39 is 10.0 Å². The summed E-state index contributed by atoms with van der Waals surface area (Å²) in [5, 5.41) is 0.925. The molecule has 0 N–H and O–H groups in total. The lowest BCUT2D eigenvalue weighted by molar-refractivity contribution is -0.137. The molecule has 2 unspecified atom stereocenters. The van der Waals surface area contributed by atoms with E-state index in [4.69, 9.17) is 4.74 Å². The number of benzene rings is 2. The molecule has 1 aromatic heterocycles. The largest absolute Gasteiger partial charge is 0.379 e. The first-order valence-electron chi connectivity index (χ1n) is 14.3. The lowest BCUT2D eigenvalue weighted by Gasteiger charge is -2.39. The van der Waals surface area contributed by atoms with Crippen LogP contribution in [0.3, 0.4) is 0 Å². The van der Waals surface area contributed by atoms with Gasteiger partial charge in [-0.25, -0.2) is 8.42 Å². The van der Waals surface area contributed by atoms with E-state index in [0.29, 0.717) is 43.1 Å². The van der Waals surface area contributed by atoms with Gasteiger partial charge in [-0.05, 0) is 63.5 Å². The second kappa shape index (κ2) is 10.7. The predicted octanol–water partition coefficient (Wildman–Crippen LogP) is 3.97. The van der Waals surface area contributed by atoms with Gasteiger partial charge in [-0.3, -0.25) is 9.59 Å². The second-order valence-electron chi connectivity index (χ2n) is 11.3. The van der Waals surface area contributed by atoms with E-state index >= 15 is 0 Å². The highest BCUT2D eigenvalue weighted by atomic mass is 32.2. The third-order valence-corrected chi connectivity index (χ3v) is 10.6. The van der Waals surface area contributed by atoms with Crippen molar-refractivity contribution in [3.63, 3.8) is 0 Å². The summed E-state index contributed by atoms with van der Waals surface area (Å²) < 4.78 is 35.5. The summed E-state index contributed by atoms with van der Waals surface area (Å²) >= 11 is 0. The number of likely N-dealkylation sites (tertiary alicyclic amines) is 1. The van der Waals surface area contributed by atoms with E-state index in [9.17, 15) is 18.0 Å². The predicted molar refractivity (Wildman–Crippen MR) is 159 cm³/mol. The summed E-state index contributed by atoms with van der Waals surface area (Å²) in [6.45, 7) is 5.76. The standard InChI is InChI=1S/C31H36N4O5S/c1-21-7-6-8-22(2)35(21)30(36)20-33-19-23(25-9-4-5-10-29(25)33)17-27-26-18-24(11-12-28(26)32(3)31(27)37)41(38,39)34-13-15-40-16-14-34/h4-5,9-12,17-19,21-22H,6-8,13-16,20H2,1-3H3. The average Bonchev–Trinajstić information content (AvgIpc) is 3.43. The molecule has 41 heavy (non-hydrogen) atoms. The Morgan fingerprint density at radius 1 is 1.05 bits per heavy atom. The van der Waals surface area contributed by atoms with Gasteiger partial charge >= 0.3 is 0 Å². The number of likely N-dealkylation sites (N-methyl/N-ethyl adjacent to an activating group) is 1. The number of anilines is 1. The summed E-state index contributed by atoms with van der Waals surface area (Å²) in [6.07, 6.45) is 6.91. The summed E-state index contributed by atoms with van der Waals surface area (Å²) in [4.78, 5) is 30.6. The van der Waals surface area contributed by atoms with E-state index in [0.717, 1.165) is 35.7 Å². The molecular weight excluding hydrogens is 540 g/mol. The van der Waals surface area contributed by atoms with Crippen LogP contribution in [0.25, 0.3) is 22.6 Å². The second-order valence-corrected chi connectivity index (χ2v) is 13.2. The van der Waals surface area contributed by atoms with E-state index in [1.165, 1.54) is 4.31 Å². The molecule has 10 heteroatoms. The number of amides is 2. The zero-order chi connectivity index (χ0) is 28.9. The van der Waals surface area contributed by atoms with Crippen molar-refractivity contribution in [1.82, 2.24) is 13.8 Å². The molecule has 9 nitrogen and oxygen atoms in total. The molecule has 3 aliphatic heterocycles. The SMILES string of the molecule is CC1CCCC(C)N1C(=O)Cn1cc(C=C2C(=O)N(C)c3ccc(S(=O)(=O)N4CCOCC4)cc32)c2ccccc21. The van der Waals surface area contributed by atoms with Crippen molar-refractivity contribution in [2.24, 2.45) is 0 Å². The molecule has 0 aliphatic carbocycles. The van der Waals surface area contributed by atoms with Crippen molar-refractivity contribution in [2.45, 2.75) is 56.6 Å². The molecule has 0 radical (unpaired) electrons. The molecule has 6 rings (SSSR count). The van der Waals surface area contributed by atoms with E-state index in [2.05, 4.69) is 13.8 Å². The van der Waals surface area contributed by atoms with Gasteiger partial charge in [0.15, 0.2) is 0 Å². The highest BCUT2D eigenvalue weighted by Crippen LogP contribution is 2.39. The number of sulfonamides is 1. The van der Waals surface area contributed by atoms with E-state index in [1.807, 2.05) is 46.0 Å². The van der Waals surface area contributed by atoms with Crippen LogP contribution in [0.4, 0.5) is 5.69 Å².